The topological polar surface area (TPSA) is 47.9 Å². The van der Waals surface area contributed by atoms with Crippen molar-refractivity contribution in [1.29, 1.82) is 0 Å². The van der Waals surface area contributed by atoms with E-state index < -0.39 is 0 Å². The van der Waals surface area contributed by atoms with E-state index in [4.69, 9.17) is 14.2 Å². The van der Waals surface area contributed by atoms with E-state index >= 15 is 0 Å². The third kappa shape index (κ3) is 2.00. The molecule has 0 aliphatic heterocycles. The number of ether oxygens (including phenoxy) is 3. The zero-order valence-electron chi connectivity index (χ0n) is 12.1. The van der Waals surface area contributed by atoms with E-state index in [1.54, 1.807) is 27.4 Å². The van der Waals surface area contributed by atoms with Crippen LogP contribution in [0.25, 0.3) is 21.5 Å². The van der Waals surface area contributed by atoms with Gasteiger partial charge in [0.25, 0.3) is 0 Å². The number of phenolic OH excluding ortho intramolecular Hbond substituents is 1. The second-order valence-electron chi connectivity index (χ2n) is 4.71. The second-order valence-corrected chi connectivity index (χ2v) is 4.71. The summed E-state index contributed by atoms with van der Waals surface area (Å²) in [4.78, 5) is 0. The quantitative estimate of drug-likeness (QED) is 0.745. The minimum absolute atomic E-state index is 0.122. The number of phenols is 1. The highest BCUT2D eigenvalue weighted by Gasteiger charge is 2.13. The Hall–Kier alpha value is -2.62. The predicted molar refractivity (Wildman–Crippen MR) is 82.8 cm³/mol. The maximum Gasteiger partial charge on any atom is 0.168 e. The highest BCUT2D eigenvalue weighted by Crippen LogP contribution is 2.42. The first-order valence-electron chi connectivity index (χ1n) is 6.54. The average molecular weight is 284 g/mol. The third-order valence-electron chi connectivity index (χ3n) is 3.64. The summed E-state index contributed by atoms with van der Waals surface area (Å²) in [5, 5.41) is 13.7. The minimum atomic E-state index is 0.122. The first kappa shape index (κ1) is 13.4. The molecule has 0 amide bonds. The van der Waals surface area contributed by atoms with Crippen LogP contribution in [0, 0.1) is 0 Å². The number of methoxy groups -OCH3 is 3. The Kier molecular flexibility index (Phi) is 3.22. The van der Waals surface area contributed by atoms with Gasteiger partial charge in [0.1, 0.15) is 11.5 Å². The number of hydrogen-bond donors (Lipinski definition) is 1. The molecule has 0 radical (unpaired) electrons. The Morgan fingerprint density at radius 2 is 1.57 bits per heavy atom. The highest BCUT2D eigenvalue weighted by atomic mass is 16.5. The van der Waals surface area contributed by atoms with Gasteiger partial charge in [0.2, 0.25) is 0 Å². The van der Waals surface area contributed by atoms with Crippen molar-refractivity contribution in [2.75, 3.05) is 21.3 Å². The molecule has 3 aromatic rings. The fraction of sp³-hybridized carbons (Fsp3) is 0.176. The Morgan fingerprint density at radius 1 is 0.810 bits per heavy atom. The van der Waals surface area contributed by atoms with Crippen molar-refractivity contribution in [3.05, 3.63) is 36.4 Å². The summed E-state index contributed by atoms with van der Waals surface area (Å²) in [6.07, 6.45) is 0. The number of aromatic hydroxyl groups is 1. The number of hydrogen-bond acceptors (Lipinski definition) is 4. The average Bonchev–Trinajstić information content (AvgIpc) is 2.53. The molecule has 108 valence electrons. The second kappa shape index (κ2) is 5.05. The molecular weight excluding hydrogens is 268 g/mol. The molecule has 3 rings (SSSR count). The molecule has 0 aliphatic rings. The molecule has 0 spiro atoms. The molecule has 0 saturated heterocycles. The minimum Gasteiger partial charge on any atom is -0.504 e. The first-order valence-corrected chi connectivity index (χ1v) is 6.54. The van der Waals surface area contributed by atoms with Crippen LogP contribution in [0.4, 0.5) is 0 Å². The standard InChI is InChI=1S/C17H16O4/c1-19-11-8-10-4-5-13-12(16(10)15(9-11)20-2)6-7-14(18)17(13)21-3/h4-9,18H,1-3H3. The van der Waals surface area contributed by atoms with Crippen molar-refractivity contribution in [3.8, 4) is 23.0 Å². The van der Waals surface area contributed by atoms with Gasteiger partial charge in [-0.1, -0.05) is 6.07 Å². The fourth-order valence-electron chi connectivity index (χ4n) is 2.67. The van der Waals surface area contributed by atoms with Gasteiger partial charge in [0, 0.05) is 16.8 Å². The van der Waals surface area contributed by atoms with Crippen molar-refractivity contribution in [3.63, 3.8) is 0 Å². The molecule has 0 unspecified atom stereocenters. The molecule has 21 heavy (non-hydrogen) atoms. The first-order chi connectivity index (χ1) is 10.2. The molecule has 3 aromatic carbocycles. The van der Waals surface area contributed by atoms with E-state index in [1.807, 2.05) is 30.3 Å². The van der Waals surface area contributed by atoms with Crippen molar-refractivity contribution in [1.82, 2.24) is 0 Å². The lowest BCUT2D eigenvalue weighted by Crippen LogP contribution is -1.91. The molecule has 0 atom stereocenters. The number of benzene rings is 3. The van der Waals surface area contributed by atoms with E-state index in [9.17, 15) is 5.11 Å². The van der Waals surface area contributed by atoms with Gasteiger partial charge in [-0.3, -0.25) is 0 Å². The smallest absolute Gasteiger partial charge is 0.168 e. The summed E-state index contributed by atoms with van der Waals surface area (Å²) in [6.45, 7) is 0. The van der Waals surface area contributed by atoms with Crippen LogP contribution in [0.5, 0.6) is 23.0 Å². The van der Waals surface area contributed by atoms with Crippen molar-refractivity contribution in [2.24, 2.45) is 0 Å². The summed E-state index contributed by atoms with van der Waals surface area (Å²) in [5.74, 6) is 2.05. The van der Waals surface area contributed by atoms with Crippen molar-refractivity contribution < 1.29 is 19.3 Å². The lowest BCUT2D eigenvalue weighted by Gasteiger charge is -2.13. The van der Waals surface area contributed by atoms with Gasteiger partial charge in [0.15, 0.2) is 11.5 Å². The zero-order chi connectivity index (χ0) is 15.0. The van der Waals surface area contributed by atoms with E-state index in [1.165, 1.54) is 0 Å². The monoisotopic (exact) mass is 284 g/mol. The summed E-state index contributed by atoms with van der Waals surface area (Å²) in [5.41, 5.74) is 0. The summed E-state index contributed by atoms with van der Waals surface area (Å²) < 4.78 is 16.1. The van der Waals surface area contributed by atoms with Crippen molar-refractivity contribution in [2.45, 2.75) is 0 Å². The van der Waals surface area contributed by atoms with Crippen LogP contribution in [0.1, 0.15) is 0 Å². The van der Waals surface area contributed by atoms with Gasteiger partial charge in [-0.15, -0.1) is 0 Å². The Morgan fingerprint density at radius 3 is 2.24 bits per heavy atom. The molecule has 1 N–H and O–H groups in total. The fourth-order valence-corrected chi connectivity index (χ4v) is 2.67. The highest BCUT2D eigenvalue weighted by molar-refractivity contribution is 6.13. The van der Waals surface area contributed by atoms with Crippen LogP contribution in [0.2, 0.25) is 0 Å². The van der Waals surface area contributed by atoms with Crippen LogP contribution in [0.15, 0.2) is 36.4 Å². The van der Waals surface area contributed by atoms with E-state index in [0.717, 1.165) is 33.0 Å². The molecular formula is C17H16O4. The molecule has 0 saturated carbocycles. The third-order valence-corrected chi connectivity index (χ3v) is 3.64. The molecule has 4 nitrogen and oxygen atoms in total. The SMILES string of the molecule is COc1cc(OC)c2c(ccc3c(OC)c(O)ccc32)c1. The van der Waals surface area contributed by atoms with Gasteiger partial charge < -0.3 is 19.3 Å². The van der Waals surface area contributed by atoms with Crippen molar-refractivity contribution >= 4 is 21.5 Å². The van der Waals surface area contributed by atoms with E-state index in [2.05, 4.69) is 0 Å². The molecule has 0 aromatic heterocycles. The van der Waals surface area contributed by atoms with Crippen LogP contribution >= 0.6 is 0 Å². The maximum atomic E-state index is 9.91. The molecule has 0 fully saturated rings. The van der Waals surface area contributed by atoms with E-state index in [-0.39, 0.29) is 5.75 Å². The lowest BCUT2D eigenvalue weighted by molar-refractivity contribution is 0.378. The normalized spacial score (nSPS) is 10.8. The Bertz CT molecular complexity index is 824. The Balaban J connectivity index is 2.48. The summed E-state index contributed by atoms with van der Waals surface area (Å²) in [7, 11) is 4.80. The van der Waals surface area contributed by atoms with Crippen LogP contribution in [-0.2, 0) is 0 Å². The largest absolute Gasteiger partial charge is 0.504 e. The predicted octanol–water partition coefficient (Wildman–Crippen LogP) is 3.72. The number of rotatable bonds is 3. The zero-order valence-corrected chi connectivity index (χ0v) is 12.1. The van der Waals surface area contributed by atoms with Gasteiger partial charge in [-0.2, -0.15) is 0 Å². The van der Waals surface area contributed by atoms with Crippen LogP contribution in [-0.4, -0.2) is 26.4 Å². The molecule has 0 bridgehead atoms. The lowest BCUT2D eigenvalue weighted by atomic mass is 10.00. The van der Waals surface area contributed by atoms with Gasteiger partial charge in [-0.25, -0.2) is 0 Å². The summed E-state index contributed by atoms with van der Waals surface area (Å²) in [6, 6.07) is 11.2. The van der Waals surface area contributed by atoms with Gasteiger partial charge in [0.05, 0.1) is 21.3 Å². The Labute approximate surface area is 122 Å². The van der Waals surface area contributed by atoms with Crippen LogP contribution < -0.4 is 14.2 Å². The molecule has 0 heterocycles. The van der Waals surface area contributed by atoms with Gasteiger partial charge in [-0.05, 0) is 35.0 Å². The van der Waals surface area contributed by atoms with Crippen LogP contribution in [0.3, 0.4) is 0 Å². The number of fused-ring (bicyclic) bond motifs is 3. The van der Waals surface area contributed by atoms with E-state index in [0.29, 0.717) is 5.75 Å². The van der Waals surface area contributed by atoms with Gasteiger partial charge >= 0.3 is 0 Å². The summed E-state index contributed by atoms with van der Waals surface area (Å²) >= 11 is 0. The molecule has 0 aliphatic carbocycles. The molecule has 4 heteroatoms. The maximum absolute atomic E-state index is 9.91.